The van der Waals surface area contributed by atoms with E-state index in [4.69, 9.17) is 23.2 Å². The molecular formula is C20H17Cl2N3O3. The molecule has 0 aliphatic rings. The molecule has 0 aliphatic carbocycles. The zero-order chi connectivity index (χ0) is 20.3. The second kappa shape index (κ2) is 8.56. The number of benzene rings is 2. The quantitative estimate of drug-likeness (QED) is 0.666. The standard InChI is InChI=1S/C20H17Cl2N3O3/c1-12(11-26)23-19(27)17-10-18(13-5-7-14(21)8-6-13)24-25(20(17)28)16-4-2-3-15(22)9-16/h2-10,12,26H,11H2,1H3,(H,23,27)/t12-/m0/s1. The van der Waals surface area contributed by atoms with Gasteiger partial charge in [-0.3, -0.25) is 9.59 Å². The lowest BCUT2D eigenvalue weighted by Gasteiger charge is -2.13. The fraction of sp³-hybridized carbons (Fsp3) is 0.150. The van der Waals surface area contributed by atoms with Gasteiger partial charge in [0, 0.05) is 21.7 Å². The van der Waals surface area contributed by atoms with Crippen LogP contribution in [0.2, 0.25) is 10.0 Å². The Morgan fingerprint density at radius 2 is 1.86 bits per heavy atom. The molecule has 8 heteroatoms. The summed E-state index contributed by atoms with van der Waals surface area (Å²) in [7, 11) is 0. The van der Waals surface area contributed by atoms with Crippen LogP contribution >= 0.6 is 23.2 Å². The molecule has 0 aliphatic heterocycles. The Morgan fingerprint density at radius 3 is 2.50 bits per heavy atom. The molecule has 0 fully saturated rings. The molecule has 3 aromatic rings. The summed E-state index contributed by atoms with van der Waals surface area (Å²) in [4.78, 5) is 25.6. The van der Waals surface area contributed by atoms with Crippen LogP contribution in [0.3, 0.4) is 0 Å². The van der Waals surface area contributed by atoms with Crippen molar-refractivity contribution in [3.8, 4) is 16.9 Å². The van der Waals surface area contributed by atoms with Gasteiger partial charge in [0.25, 0.3) is 11.5 Å². The molecule has 3 rings (SSSR count). The number of aromatic nitrogens is 2. The molecule has 1 heterocycles. The Labute approximate surface area is 171 Å². The highest BCUT2D eigenvalue weighted by atomic mass is 35.5. The summed E-state index contributed by atoms with van der Waals surface area (Å²) in [6.07, 6.45) is 0. The van der Waals surface area contributed by atoms with E-state index in [1.54, 1.807) is 55.5 Å². The smallest absolute Gasteiger partial charge is 0.284 e. The van der Waals surface area contributed by atoms with Gasteiger partial charge in [-0.05, 0) is 43.3 Å². The van der Waals surface area contributed by atoms with E-state index in [9.17, 15) is 14.7 Å². The van der Waals surface area contributed by atoms with E-state index in [0.29, 0.717) is 27.0 Å². The predicted molar refractivity (Wildman–Crippen MR) is 109 cm³/mol. The second-order valence-electron chi connectivity index (χ2n) is 6.20. The molecule has 0 saturated heterocycles. The SMILES string of the molecule is C[C@@H](CO)NC(=O)c1cc(-c2ccc(Cl)cc2)nn(-c2cccc(Cl)c2)c1=O. The molecule has 0 unspecified atom stereocenters. The van der Waals surface area contributed by atoms with Gasteiger partial charge in [-0.1, -0.05) is 41.4 Å². The van der Waals surface area contributed by atoms with Crippen LogP contribution in [-0.2, 0) is 0 Å². The van der Waals surface area contributed by atoms with Gasteiger partial charge in [-0.15, -0.1) is 0 Å². The molecule has 144 valence electrons. The Kier molecular flexibility index (Phi) is 6.14. The molecular weight excluding hydrogens is 401 g/mol. The van der Waals surface area contributed by atoms with Crippen molar-refractivity contribution in [1.29, 1.82) is 0 Å². The molecule has 1 aromatic heterocycles. The van der Waals surface area contributed by atoms with E-state index in [-0.39, 0.29) is 12.2 Å². The monoisotopic (exact) mass is 417 g/mol. The van der Waals surface area contributed by atoms with Gasteiger partial charge in [-0.25, -0.2) is 0 Å². The molecule has 0 radical (unpaired) electrons. The maximum absolute atomic E-state index is 12.9. The van der Waals surface area contributed by atoms with Crippen molar-refractivity contribution < 1.29 is 9.90 Å². The van der Waals surface area contributed by atoms with E-state index in [2.05, 4.69) is 10.4 Å². The first kappa shape index (κ1) is 20.1. The van der Waals surface area contributed by atoms with Crippen molar-refractivity contribution in [2.24, 2.45) is 0 Å². The van der Waals surface area contributed by atoms with E-state index < -0.39 is 17.5 Å². The van der Waals surface area contributed by atoms with Gasteiger partial charge in [0.2, 0.25) is 0 Å². The van der Waals surface area contributed by atoms with Crippen molar-refractivity contribution >= 4 is 29.1 Å². The highest BCUT2D eigenvalue weighted by molar-refractivity contribution is 6.31. The van der Waals surface area contributed by atoms with Crippen molar-refractivity contribution in [2.75, 3.05) is 6.61 Å². The maximum atomic E-state index is 12.9. The summed E-state index contributed by atoms with van der Waals surface area (Å²) in [5.41, 5.74) is 0.836. The number of amides is 1. The van der Waals surface area contributed by atoms with Crippen LogP contribution in [-0.4, -0.2) is 33.4 Å². The summed E-state index contributed by atoms with van der Waals surface area (Å²) >= 11 is 12.0. The van der Waals surface area contributed by atoms with Crippen LogP contribution in [0, 0.1) is 0 Å². The number of carbonyl (C=O) groups is 1. The van der Waals surface area contributed by atoms with Gasteiger partial charge < -0.3 is 10.4 Å². The largest absolute Gasteiger partial charge is 0.394 e. The zero-order valence-electron chi connectivity index (χ0n) is 14.9. The number of hydrogen-bond donors (Lipinski definition) is 2. The Morgan fingerprint density at radius 1 is 1.14 bits per heavy atom. The molecule has 0 saturated carbocycles. The van der Waals surface area contributed by atoms with Crippen LogP contribution in [0.5, 0.6) is 0 Å². The predicted octanol–water partition coefficient (Wildman–Crippen LogP) is 3.32. The lowest BCUT2D eigenvalue weighted by Crippen LogP contribution is -2.39. The maximum Gasteiger partial charge on any atom is 0.284 e. The molecule has 28 heavy (non-hydrogen) atoms. The summed E-state index contributed by atoms with van der Waals surface area (Å²) in [5, 5.41) is 17.2. The Bertz CT molecular complexity index is 1070. The van der Waals surface area contributed by atoms with Gasteiger partial charge in [0.1, 0.15) is 5.56 Å². The molecule has 2 aromatic carbocycles. The number of aliphatic hydroxyl groups excluding tert-OH is 1. The minimum absolute atomic E-state index is 0.0970. The Balaban J connectivity index is 2.19. The van der Waals surface area contributed by atoms with Gasteiger partial charge in [0.15, 0.2) is 0 Å². The van der Waals surface area contributed by atoms with Crippen LogP contribution in [0.15, 0.2) is 59.4 Å². The minimum atomic E-state index is -0.597. The first-order chi connectivity index (χ1) is 13.4. The van der Waals surface area contributed by atoms with Crippen LogP contribution in [0.1, 0.15) is 17.3 Å². The first-order valence-corrected chi connectivity index (χ1v) is 9.22. The molecule has 1 atom stereocenters. The normalized spacial score (nSPS) is 11.9. The number of nitrogens with zero attached hydrogens (tertiary/aromatic N) is 2. The molecule has 6 nitrogen and oxygen atoms in total. The lowest BCUT2D eigenvalue weighted by molar-refractivity contribution is 0.0920. The van der Waals surface area contributed by atoms with E-state index >= 15 is 0 Å². The molecule has 1 amide bonds. The van der Waals surface area contributed by atoms with Crippen LogP contribution in [0.25, 0.3) is 16.9 Å². The average Bonchev–Trinajstić information content (AvgIpc) is 2.68. The Hall–Kier alpha value is -2.67. The van der Waals surface area contributed by atoms with E-state index in [0.717, 1.165) is 4.68 Å². The van der Waals surface area contributed by atoms with Gasteiger partial charge in [-0.2, -0.15) is 9.78 Å². The third-order valence-electron chi connectivity index (χ3n) is 4.00. The third-order valence-corrected chi connectivity index (χ3v) is 4.49. The fourth-order valence-corrected chi connectivity index (χ4v) is 2.86. The van der Waals surface area contributed by atoms with E-state index in [1.807, 2.05) is 0 Å². The number of rotatable bonds is 5. The number of halogens is 2. The number of hydrogen-bond acceptors (Lipinski definition) is 4. The topological polar surface area (TPSA) is 84.2 Å². The molecule has 0 spiro atoms. The summed E-state index contributed by atoms with van der Waals surface area (Å²) in [6.45, 7) is 1.39. The summed E-state index contributed by atoms with van der Waals surface area (Å²) in [5.74, 6) is -0.597. The van der Waals surface area contributed by atoms with Crippen LogP contribution < -0.4 is 10.9 Å². The van der Waals surface area contributed by atoms with Gasteiger partial charge >= 0.3 is 0 Å². The number of aliphatic hydroxyl groups is 1. The highest BCUT2D eigenvalue weighted by Gasteiger charge is 2.19. The lowest BCUT2D eigenvalue weighted by atomic mass is 10.1. The van der Waals surface area contributed by atoms with Crippen molar-refractivity contribution in [1.82, 2.24) is 15.1 Å². The summed E-state index contributed by atoms with van der Waals surface area (Å²) in [6, 6.07) is 14.4. The number of carbonyl (C=O) groups excluding carboxylic acids is 1. The van der Waals surface area contributed by atoms with Crippen molar-refractivity contribution in [2.45, 2.75) is 13.0 Å². The second-order valence-corrected chi connectivity index (χ2v) is 7.08. The van der Waals surface area contributed by atoms with Gasteiger partial charge in [0.05, 0.1) is 18.0 Å². The molecule has 2 N–H and O–H groups in total. The highest BCUT2D eigenvalue weighted by Crippen LogP contribution is 2.21. The molecule has 0 bridgehead atoms. The zero-order valence-corrected chi connectivity index (χ0v) is 16.4. The minimum Gasteiger partial charge on any atom is -0.394 e. The summed E-state index contributed by atoms with van der Waals surface area (Å²) < 4.78 is 1.13. The third kappa shape index (κ3) is 4.42. The number of nitrogens with one attached hydrogen (secondary N) is 1. The van der Waals surface area contributed by atoms with Crippen LogP contribution in [0.4, 0.5) is 0 Å². The van der Waals surface area contributed by atoms with E-state index in [1.165, 1.54) is 6.07 Å². The van der Waals surface area contributed by atoms with Crippen molar-refractivity contribution in [3.05, 3.63) is 80.6 Å². The fourth-order valence-electron chi connectivity index (χ4n) is 2.55. The van der Waals surface area contributed by atoms with Crippen molar-refractivity contribution in [3.63, 3.8) is 0 Å². The average molecular weight is 418 g/mol. The first-order valence-electron chi connectivity index (χ1n) is 8.47.